The number of rotatable bonds is 6. The minimum absolute atomic E-state index is 0.154. The van der Waals surface area contributed by atoms with Crippen LogP contribution in [-0.2, 0) is 0 Å². The normalized spacial score (nSPS) is 15.8. The summed E-state index contributed by atoms with van der Waals surface area (Å²) >= 11 is 0. The van der Waals surface area contributed by atoms with Crippen molar-refractivity contribution in [1.82, 2.24) is 0 Å². The van der Waals surface area contributed by atoms with Crippen LogP contribution >= 0.6 is 0 Å². The van der Waals surface area contributed by atoms with Crippen molar-refractivity contribution in [3.8, 4) is 0 Å². The third kappa shape index (κ3) is 8.04. The maximum atomic E-state index is 2.58. The second kappa shape index (κ2) is 20.5. The number of benzene rings is 11. The Bertz CT molecular complexity index is 4060. The molecule has 0 bridgehead atoms. The van der Waals surface area contributed by atoms with Gasteiger partial charge in [0, 0.05) is 73.6 Å². The second-order valence-corrected chi connectivity index (χ2v) is 23.6. The van der Waals surface area contributed by atoms with Gasteiger partial charge in [0.05, 0.1) is 0 Å². The molecule has 394 valence electrons. The topological polar surface area (TPSA) is 13.0 Å². The molecule has 0 atom stereocenters. The fourth-order valence-corrected chi connectivity index (χ4v) is 15.4. The first kappa shape index (κ1) is 48.9. The molecule has 6 aliphatic rings. The van der Waals surface area contributed by atoms with Gasteiger partial charge in [-0.15, -0.1) is 0 Å². The Balaban J connectivity index is 0.000000136. The van der Waals surface area contributed by atoms with Gasteiger partial charge in [0.2, 0.25) is 0 Å². The molecule has 0 saturated heterocycles. The summed E-state index contributed by atoms with van der Waals surface area (Å²) in [6.07, 6.45) is 13.1. The molecule has 4 nitrogen and oxygen atoms in total. The van der Waals surface area contributed by atoms with E-state index in [2.05, 4.69) is 274 Å². The van der Waals surface area contributed by atoms with Gasteiger partial charge in [-0.2, -0.15) is 0 Å². The minimum Gasteiger partial charge on any atom is -0.311 e. The standard InChI is InChI=1S/C40H33BN2.C36H31BN2/c1-4-14-28(15-5-1)30-26-37-39-38(27-30)43(32-19-8-3-9-20-32)40-33-21-11-10-16-29(33)24-25-35(40)41(39)34-22-12-13-23-36(34)42(37)31-17-6-2-7-18-31;1-4-14-26(15-5-1)27-24-34-36-35(25-27)39(29-18-8-3-9-19-29)33-23-13-11-21-31(33)37(36)30-20-10-12-22-32(30)38(34)28-16-6-2-7-17-28/h2-3,6-13,16-28H,1,4-5,14-15H2;2-3,6-13,16-26H,1,4-5,14-15H2. The molecule has 82 heavy (non-hydrogen) atoms. The lowest BCUT2D eigenvalue weighted by molar-refractivity contribution is 0.444. The Morgan fingerprint density at radius 1 is 0.268 bits per heavy atom. The van der Waals surface area contributed by atoms with Crippen LogP contribution in [0.25, 0.3) is 10.8 Å². The molecule has 0 aromatic heterocycles. The summed E-state index contributed by atoms with van der Waals surface area (Å²) in [7, 11) is 0. The molecule has 0 N–H and O–H groups in total. The molecule has 2 aliphatic carbocycles. The van der Waals surface area contributed by atoms with Crippen LogP contribution in [0.2, 0.25) is 0 Å². The molecule has 4 heterocycles. The third-order valence-electron chi connectivity index (χ3n) is 19.0. The molecule has 11 aromatic carbocycles. The van der Waals surface area contributed by atoms with Crippen molar-refractivity contribution in [2.24, 2.45) is 0 Å². The molecule has 17 rings (SSSR count). The zero-order valence-electron chi connectivity index (χ0n) is 46.4. The SMILES string of the molecule is c1ccc(N2c3ccccc3B3c4ccc5ccccc5c4N(c4ccccc4)c4cc(C5CCCCC5)cc2c43)cc1.c1ccc(N2c3ccccc3B3c4ccccc4N(c4ccccc4)c4cc(C5CCCCC5)cc2c43)cc1. The molecule has 11 aromatic rings. The number of hydrogen-bond acceptors (Lipinski definition) is 4. The van der Waals surface area contributed by atoms with Gasteiger partial charge >= 0.3 is 0 Å². The molecule has 2 saturated carbocycles. The van der Waals surface area contributed by atoms with Crippen molar-refractivity contribution in [2.75, 3.05) is 19.6 Å². The first-order valence-electron chi connectivity index (χ1n) is 30.3. The van der Waals surface area contributed by atoms with E-state index in [9.17, 15) is 0 Å². The van der Waals surface area contributed by atoms with E-state index >= 15 is 0 Å². The Labute approximate surface area is 484 Å². The van der Waals surface area contributed by atoms with Crippen molar-refractivity contribution >= 4 is 125 Å². The van der Waals surface area contributed by atoms with Crippen LogP contribution in [0.3, 0.4) is 0 Å². The van der Waals surface area contributed by atoms with E-state index in [-0.39, 0.29) is 13.4 Å². The van der Waals surface area contributed by atoms with Crippen molar-refractivity contribution < 1.29 is 0 Å². The lowest BCUT2D eigenvalue weighted by atomic mass is 9.33. The van der Waals surface area contributed by atoms with Crippen LogP contribution in [0, 0.1) is 0 Å². The van der Waals surface area contributed by atoms with E-state index in [4.69, 9.17) is 0 Å². The molecule has 2 fully saturated rings. The largest absolute Gasteiger partial charge is 0.311 e. The van der Waals surface area contributed by atoms with E-state index in [1.165, 1.54) is 187 Å². The fourth-order valence-electron chi connectivity index (χ4n) is 15.4. The van der Waals surface area contributed by atoms with Crippen molar-refractivity contribution in [3.63, 3.8) is 0 Å². The molecule has 0 amide bonds. The summed E-state index contributed by atoms with van der Waals surface area (Å²) < 4.78 is 0. The van der Waals surface area contributed by atoms with E-state index in [0.29, 0.717) is 11.8 Å². The Kier molecular flexibility index (Phi) is 12.2. The van der Waals surface area contributed by atoms with E-state index in [1.807, 2.05) is 0 Å². The summed E-state index contributed by atoms with van der Waals surface area (Å²) in [5.74, 6) is 1.21. The maximum absolute atomic E-state index is 2.58. The summed E-state index contributed by atoms with van der Waals surface area (Å²) in [6.45, 7) is 0.351. The van der Waals surface area contributed by atoms with E-state index in [0.717, 1.165) is 0 Å². The lowest BCUT2D eigenvalue weighted by Crippen LogP contribution is -2.61. The van der Waals surface area contributed by atoms with Gasteiger partial charge in [-0.05, 0) is 178 Å². The molecular formula is C76H64B2N4. The molecule has 4 aliphatic heterocycles. The predicted octanol–water partition coefficient (Wildman–Crippen LogP) is 16.8. The summed E-state index contributed by atoms with van der Waals surface area (Å²) in [4.78, 5) is 10.2. The molecule has 0 radical (unpaired) electrons. The highest BCUT2D eigenvalue weighted by molar-refractivity contribution is 7.01. The highest BCUT2D eigenvalue weighted by Gasteiger charge is 2.46. The molecular weight excluding hydrogens is 990 g/mol. The average molecular weight is 1050 g/mol. The number of fused-ring (bicyclic) bond motifs is 10. The smallest absolute Gasteiger partial charge is 0.252 e. The second-order valence-electron chi connectivity index (χ2n) is 23.6. The predicted molar refractivity (Wildman–Crippen MR) is 350 cm³/mol. The van der Waals surface area contributed by atoms with Crippen LogP contribution in [0.5, 0.6) is 0 Å². The van der Waals surface area contributed by atoms with Crippen LogP contribution in [0.15, 0.2) is 255 Å². The van der Waals surface area contributed by atoms with Crippen LogP contribution in [0.4, 0.5) is 68.2 Å². The summed E-state index contributed by atoms with van der Waals surface area (Å²) in [6, 6.07) is 94.9. The average Bonchev–Trinajstić information content (AvgIpc) is 2.02. The first-order chi connectivity index (χ1) is 40.7. The van der Waals surface area contributed by atoms with Crippen LogP contribution in [0.1, 0.15) is 87.2 Å². The van der Waals surface area contributed by atoms with Gasteiger partial charge < -0.3 is 19.6 Å². The fraction of sp³-hybridized carbons (Fsp3) is 0.158. The monoisotopic (exact) mass is 1050 g/mol. The molecule has 0 spiro atoms. The number of nitrogens with zero attached hydrogens (tertiary/aromatic N) is 4. The minimum atomic E-state index is 0.154. The highest BCUT2D eigenvalue weighted by Crippen LogP contribution is 2.50. The Hall–Kier alpha value is -8.99. The van der Waals surface area contributed by atoms with Gasteiger partial charge in [-0.25, -0.2) is 0 Å². The quantitative estimate of drug-likeness (QED) is 0.154. The van der Waals surface area contributed by atoms with Crippen molar-refractivity contribution in [3.05, 3.63) is 266 Å². The number of hydrogen-bond donors (Lipinski definition) is 0. The Morgan fingerprint density at radius 3 is 1.01 bits per heavy atom. The van der Waals surface area contributed by atoms with Gasteiger partial charge in [-0.1, -0.05) is 202 Å². The van der Waals surface area contributed by atoms with Gasteiger partial charge in [-0.3, -0.25) is 0 Å². The molecule has 0 unspecified atom stereocenters. The zero-order chi connectivity index (χ0) is 54.1. The van der Waals surface area contributed by atoms with Crippen LogP contribution in [-0.4, -0.2) is 13.4 Å². The van der Waals surface area contributed by atoms with Gasteiger partial charge in [0.25, 0.3) is 13.4 Å². The summed E-state index contributed by atoms with van der Waals surface area (Å²) in [5.41, 5.74) is 26.7. The lowest BCUT2D eigenvalue weighted by Gasteiger charge is -2.45. The van der Waals surface area contributed by atoms with E-state index in [1.54, 1.807) is 0 Å². The van der Waals surface area contributed by atoms with Crippen molar-refractivity contribution in [1.29, 1.82) is 0 Å². The number of anilines is 12. The molecule has 6 heteroatoms. The van der Waals surface area contributed by atoms with Crippen LogP contribution < -0.4 is 52.4 Å². The van der Waals surface area contributed by atoms with Gasteiger partial charge in [0.15, 0.2) is 0 Å². The zero-order valence-corrected chi connectivity index (χ0v) is 46.4. The first-order valence-corrected chi connectivity index (χ1v) is 30.3. The maximum Gasteiger partial charge on any atom is 0.252 e. The van der Waals surface area contributed by atoms with Gasteiger partial charge in [0.1, 0.15) is 0 Å². The highest BCUT2D eigenvalue weighted by atomic mass is 15.2. The van der Waals surface area contributed by atoms with E-state index < -0.39 is 0 Å². The number of para-hydroxylation sites is 7. The third-order valence-corrected chi connectivity index (χ3v) is 19.0. The summed E-state index contributed by atoms with van der Waals surface area (Å²) in [5, 5.41) is 2.59. The van der Waals surface area contributed by atoms with Crippen molar-refractivity contribution in [2.45, 2.75) is 76.0 Å². The Morgan fingerprint density at radius 2 is 0.598 bits per heavy atom.